The zero-order chi connectivity index (χ0) is 12.1. The summed E-state index contributed by atoms with van der Waals surface area (Å²) in [5, 5.41) is 15.3. The van der Waals surface area contributed by atoms with Crippen molar-refractivity contribution in [2.75, 3.05) is 14.2 Å². The van der Waals surface area contributed by atoms with Crippen molar-refractivity contribution < 1.29 is 19.1 Å². The molecule has 0 aliphatic rings. The molecule has 1 amide bonds. The summed E-state index contributed by atoms with van der Waals surface area (Å²) in [6.45, 7) is 0. The molecular weight excluding hydrogens is 215 g/mol. The molecule has 1 rings (SSSR count). The van der Waals surface area contributed by atoms with Crippen LogP contribution in [0.5, 0.6) is 5.75 Å². The van der Waals surface area contributed by atoms with Crippen LogP contribution in [0.15, 0.2) is 23.4 Å². The van der Waals surface area contributed by atoms with E-state index in [1.165, 1.54) is 20.2 Å². The number of carbonyl (C=O) groups excluding carboxylic acids is 1. The Morgan fingerprint density at radius 2 is 2.25 bits per heavy atom. The smallest absolute Gasteiger partial charge is 0.273 e. The Kier molecular flexibility index (Phi) is 3.82. The molecule has 0 aliphatic heterocycles. The van der Waals surface area contributed by atoms with Gasteiger partial charge in [0.05, 0.1) is 5.56 Å². The molecule has 0 atom stereocenters. The molecule has 2 N–H and O–H groups in total. The average molecular weight is 226 g/mol. The first kappa shape index (κ1) is 12.0. The van der Waals surface area contributed by atoms with E-state index in [1.54, 1.807) is 0 Å². The van der Waals surface area contributed by atoms with E-state index in [0.29, 0.717) is 0 Å². The zero-order valence-corrected chi connectivity index (χ0v) is 8.82. The van der Waals surface area contributed by atoms with Crippen molar-refractivity contribution in [1.82, 2.24) is 5.32 Å². The molecule has 0 saturated carbocycles. The summed E-state index contributed by atoms with van der Waals surface area (Å²) in [6, 6.07) is 3.25. The van der Waals surface area contributed by atoms with Crippen LogP contribution in [0.3, 0.4) is 0 Å². The molecule has 0 aliphatic carbocycles. The van der Waals surface area contributed by atoms with Crippen molar-refractivity contribution in [3.8, 4) is 5.75 Å². The topological polar surface area (TPSA) is 70.9 Å². The number of hydrogen-bond donors (Lipinski definition) is 2. The number of nitrogens with one attached hydrogen (secondary N) is 1. The number of carbonyl (C=O) groups is 1. The minimum atomic E-state index is -0.602. The van der Waals surface area contributed by atoms with Crippen molar-refractivity contribution in [3.63, 3.8) is 0 Å². The first-order chi connectivity index (χ1) is 7.60. The standard InChI is InChI=1S/C10H11FN2O3/c1-12-10(15)9(13-16-2)7-4-3-6(11)5-8(7)14/h3-5,14H,1-2H3,(H,12,15)/b13-9+. The molecule has 1 aromatic rings. The van der Waals surface area contributed by atoms with Crippen molar-refractivity contribution in [1.29, 1.82) is 0 Å². The fourth-order valence-corrected chi connectivity index (χ4v) is 1.13. The average Bonchev–Trinajstić information content (AvgIpc) is 2.26. The lowest BCUT2D eigenvalue weighted by Gasteiger charge is -2.06. The van der Waals surface area contributed by atoms with Crippen LogP contribution < -0.4 is 5.32 Å². The Hall–Kier alpha value is -2.11. The second-order valence-electron chi connectivity index (χ2n) is 2.86. The summed E-state index contributed by atoms with van der Waals surface area (Å²) in [5.74, 6) is -1.52. The van der Waals surface area contributed by atoms with Crippen molar-refractivity contribution >= 4 is 11.6 Å². The fraction of sp³-hybridized carbons (Fsp3) is 0.200. The Morgan fingerprint density at radius 1 is 1.56 bits per heavy atom. The van der Waals surface area contributed by atoms with Gasteiger partial charge < -0.3 is 15.3 Å². The number of rotatable bonds is 3. The first-order valence-corrected chi connectivity index (χ1v) is 4.42. The molecule has 0 aromatic heterocycles. The molecule has 5 nitrogen and oxygen atoms in total. The SMILES string of the molecule is CNC(=O)/C(=N/OC)c1ccc(F)cc1O. The minimum Gasteiger partial charge on any atom is -0.507 e. The van der Waals surface area contributed by atoms with E-state index >= 15 is 0 Å². The van der Waals surface area contributed by atoms with E-state index in [0.717, 1.165) is 12.1 Å². The largest absolute Gasteiger partial charge is 0.507 e. The summed E-state index contributed by atoms with van der Waals surface area (Å²) in [6.07, 6.45) is 0. The number of hydrogen-bond acceptors (Lipinski definition) is 4. The van der Waals surface area contributed by atoms with Gasteiger partial charge in [-0.15, -0.1) is 0 Å². The van der Waals surface area contributed by atoms with Crippen molar-refractivity contribution in [2.24, 2.45) is 5.16 Å². The predicted octanol–water partition coefficient (Wildman–Crippen LogP) is 0.628. The number of phenolic OH excluding ortho intramolecular Hbond substituents is 1. The van der Waals surface area contributed by atoms with Gasteiger partial charge in [-0.25, -0.2) is 4.39 Å². The Bertz CT molecular complexity index is 432. The van der Waals surface area contributed by atoms with Crippen LogP contribution in [0, 0.1) is 5.82 Å². The maximum absolute atomic E-state index is 12.7. The summed E-state index contributed by atoms with van der Waals surface area (Å²) in [4.78, 5) is 15.9. The quantitative estimate of drug-likeness (QED) is 0.586. The first-order valence-electron chi connectivity index (χ1n) is 4.42. The van der Waals surface area contributed by atoms with Crippen LogP contribution in [0.1, 0.15) is 5.56 Å². The zero-order valence-electron chi connectivity index (χ0n) is 8.82. The Labute approximate surface area is 91.5 Å². The molecule has 0 fully saturated rings. The third-order valence-corrected chi connectivity index (χ3v) is 1.84. The van der Waals surface area contributed by atoms with Gasteiger partial charge in [-0.1, -0.05) is 5.16 Å². The molecule has 1 aromatic carbocycles. The second kappa shape index (κ2) is 5.11. The highest BCUT2D eigenvalue weighted by Crippen LogP contribution is 2.19. The number of halogens is 1. The third-order valence-electron chi connectivity index (χ3n) is 1.84. The van der Waals surface area contributed by atoms with Crippen LogP contribution in [0.25, 0.3) is 0 Å². The Morgan fingerprint density at radius 3 is 2.75 bits per heavy atom. The molecule has 16 heavy (non-hydrogen) atoms. The highest BCUT2D eigenvalue weighted by Gasteiger charge is 2.17. The van der Waals surface area contributed by atoms with E-state index in [1.807, 2.05) is 0 Å². The maximum Gasteiger partial charge on any atom is 0.273 e. The number of benzene rings is 1. The van der Waals surface area contributed by atoms with Gasteiger partial charge in [0.1, 0.15) is 18.7 Å². The molecular formula is C10H11FN2O3. The van der Waals surface area contributed by atoms with E-state index < -0.39 is 11.7 Å². The summed E-state index contributed by atoms with van der Waals surface area (Å²) in [5.41, 5.74) is -0.0231. The van der Waals surface area contributed by atoms with Crippen LogP contribution in [0.2, 0.25) is 0 Å². The molecule has 6 heteroatoms. The Balaban J connectivity index is 3.22. The molecule has 0 saturated heterocycles. The lowest BCUT2D eigenvalue weighted by molar-refractivity contribution is -0.114. The number of likely N-dealkylation sites (N-methyl/N-ethyl adjacent to an activating group) is 1. The minimum absolute atomic E-state index is 0.0996. The summed E-state index contributed by atoms with van der Waals surface area (Å²) >= 11 is 0. The summed E-state index contributed by atoms with van der Waals surface area (Å²) < 4.78 is 12.7. The van der Waals surface area contributed by atoms with Crippen LogP contribution in [-0.2, 0) is 9.63 Å². The lowest BCUT2D eigenvalue weighted by atomic mass is 10.1. The van der Waals surface area contributed by atoms with Crippen molar-refractivity contribution in [3.05, 3.63) is 29.6 Å². The number of nitrogens with zero attached hydrogens (tertiary/aromatic N) is 1. The van der Waals surface area contributed by atoms with Gasteiger partial charge in [0.25, 0.3) is 5.91 Å². The van der Waals surface area contributed by atoms with E-state index in [9.17, 15) is 14.3 Å². The van der Waals surface area contributed by atoms with Gasteiger partial charge in [0.2, 0.25) is 0 Å². The van der Waals surface area contributed by atoms with E-state index in [4.69, 9.17) is 0 Å². The predicted molar refractivity (Wildman–Crippen MR) is 55.7 cm³/mol. The highest BCUT2D eigenvalue weighted by molar-refractivity contribution is 6.45. The van der Waals surface area contributed by atoms with Crippen LogP contribution in [0.4, 0.5) is 4.39 Å². The van der Waals surface area contributed by atoms with Crippen LogP contribution >= 0.6 is 0 Å². The molecule has 0 unspecified atom stereocenters. The second-order valence-corrected chi connectivity index (χ2v) is 2.86. The number of amides is 1. The van der Waals surface area contributed by atoms with Gasteiger partial charge in [-0.2, -0.15) is 0 Å². The molecule has 0 spiro atoms. The molecule has 0 bridgehead atoms. The van der Waals surface area contributed by atoms with Gasteiger partial charge in [0, 0.05) is 13.1 Å². The highest BCUT2D eigenvalue weighted by atomic mass is 19.1. The van der Waals surface area contributed by atoms with Gasteiger partial charge in [0.15, 0.2) is 5.71 Å². The van der Waals surface area contributed by atoms with E-state index in [2.05, 4.69) is 15.3 Å². The van der Waals surface area contributed by atoms with Crippen LogP contribution in [-0.4, -0.2) is 30.9 Å². The van der Waals surface area contributed by atoms with Crippen molar-refractivity contribution in [2.45, 2.75) is 0 Å². The van der Waals surface area contributed by atoms with Gasteiger partial charge >= 0.3 is 0 Å². The monoisotopic (exact) mass is 226 g/mol. The normalized spacial score (nSPS) is 11.1. The fourth-order valence-electron chi connectivity index (χ4n) is 1.13. The lowest BCUT2D eigenvalue weighted by Crippen LogP contribution is -2.28. The van der Waals surface area contributed by atoms with Gasteiger partial charge in [-0.3, -0.25) is 4.79 Å². The molecule has 0 heterocycles. The number of aromatic hydroxyl groups is 1. The molecule has 0 radical (unpaired) electrons. The van der Waals surface area contributed by atoms with E-state index in [-0.39, 0.29) is 17.0 Å². The molecule has 86 valence electrons. The maximum atomic E-state index is 12.7. The number of phenols is 1. The third kappa shape index (κ3) is 2.47. The summed E-state index contributed by atoms with van der Waals surface area (Å²) in [7, 11) is 2.68. The number of oxime groups is 1. The van der Waals surface area contributed by atoms with Gasteiger partial charge in [-0.05, 0) is 12.1 Å².